The minimum atomic E-state index is -1.08. The van der Waals surface area contributed by atoms with Crippen LogP contribution >= 0.6 is 0 Å². The number of carboxylic acid groups (broad SMARTS) is 1. The smallest absolute Gasteiger partial charge is 0.336 e. The van der Waals surface area contributed by atoms with Crippen molar-refractivity contribution < 1.29 is 14.7 Å². The second-order valence-electron chi connectivity index (χ2n) is 2.98. The van der Waals surface area contributed by atoms with E-state index in [1.807, 2.05) is 0 Å². The molecule has 1 N–H and O–H groups in total. The summed E-state index contributed by atoms with van der Waals surface area (Å²) in [6.07, 6.45) is 1.07. The van der Waals surface area contributed by atoms with Crippen molar-refractivity contribution >= 4 is 12.3 Å². The first kappa shape index (κ1) is 10.9. The van der Waals surface area contributed by atoms with E-state index in [0.717, 1.165) is 0 Å². The van der Waals surface area contributed by atoms with Crippen LogP contribution in [0.15, 0.2) is 12.1 Å². The van der Waals surface area contributed by atoms with Crippen molar-refractivity contribution in [3.63, 3.8) is 0 Å². The monoisotopic (exact) mass is 203 g/mol. The molecule has 0 saturated carbocycles. The fourth-order valence-corrected chi connectivity index (χ4v) is 1.35. The Morgan fingerprint density at radius 1 is 1.60 bits per heavy atom. The quantitative estimate of drug-likeness (QED) is 0.757. The van der Waals surface area contributed by atoms with Crippen LogP contribution in [0.5, 0.6) is 0 Å². The van der Waals surface area contributed by atoms with Gasteiger partial charge >= 0.3 is 5.97 Å². The standard InChI is InChI=1S/C11H9NO3/c1-2-7-3-9(6-13)8(5-12)4-10(7)11(14)15/h3-4,6H,2H2,1H3,(H,14,15). The Kier molecular flexibility index (Phi) is 3.19. The van der Waals surface area contributed by atoms with E-state index in [4.69, 9.17) is 10.4 Å². The molecule has 4 nitrogen and oxygen atoms in total. The van der Waals surface area contributed by atoms with Gasteiger partial charge in [0.15, 0.2) is 6.29 Å². The highest BCUT2D eigenvalue weighted by molar-refractivity contribution is 5.92. The Balaban J connectivity index is 3.49. The lowest BCUT2D eigenvalue weighted by Crippen LogP contribution is -2.04. The van der Waals surface area contributed by atoms with E-state index in [-0.39, 0.29) is 16.7 Å². The van der Waals surface area contributed by atoms with Gasteiger partial charge in [-0.1, -0.05) is 6.92 Å². The first-order chi connectivity index (χ1) is 7.13. The highest BCUT2D eigenvalue weighted by atomic mass is 16.4. The molecule has 0 spiro atoms. The fraction of sp³-hybridized carbons (Fsp3) is 0.182. The largest absolute Gasteiger partial charge is 0.478 e. The van der Waals surface area contributed by atoms with Gasteiger partial charge in [0.1, 0.15) is 0 Å². The molecular formula is C11H9NO3. The molecule has 0 aliphatic carbocycles. The van der Waals surface area contributed by atoms with Crippen LogP contribution < -0.4 is 0 Å². The van der Waals surface area contributed by atoms with E-state index < -0.39 is 5.97 Å². The zero-order valence-corrected chi connectivity index (χ0v) is 8.15. The molecule has 0 aromatic heterocycles. The number of rotatable bonds is 3. The van der Waals surface area contributed by atoms with Crippen LogP contribution in [-0.2, 0) is 6.42 Å². The maximum absolute atomic E-state index is 10.9. The summed E-state index contributed by atoms with van der Waals surface area (Å²) in [5, 5.41) is 17.6. The molecule has 0 amide bonds. The minimum Gasteiger partial charge on any atom is -0.478 e. The molecule has 4 heteroatoms. The summed E-state index contributed by atoms with van der Waals surface area (Å²) >= 11 is 0. The number of hydrogen-bond acceptors (Lipinski definition) is 3. The number of nitrogens with zero attached hydrogens (tertiary/aromatic N) is 1. The summed E-state index contributed by atoms with van der Waals surface area (Å²) in [7, 11) is 0. The van der Waals surface area contributed by atoms with E-state index in [2.05, 4.69) is 0 Å². The van der Waals surface area contributed by atoms with Crippen molar-refractivity contribution in [2.24, 2.45) is 0 Å². The molecule has 0 unspecified atom stereocenters. The number of carbonyl (C=O) groups is 2. The number of benzene rings is 1. The lowest BCUT2D eigenvalue weighted by atomic mass is 9.98. The summed E-state index contributed by atoms with van der Waals surface area (Å²) in [6.45, 7) is 1.79. The third-order valence-corrected chi connectivity index (χ3v) is 2.13. The summed E-state index contributed by atoms with van der Waals surface area (Å²) < 4.78 is 0. The number of aryl methyl sites for hydroxylation is 1. The highest BCUT2D eigenvalue weighted by Crippen LogP contribution is 2.16. The van der Waals surface area contributed by atoms with E-state index in [1.54, 1.807) is 13.0 Å². The van der Waals surface area contributed by atoms with Gasteiger partial charge in [-0.25, -0.2) is 4.79 Å². The molecule has 1 aromatic carbocycles. The van der Waals surface area contributed by atoms with E-state index in [0.29, 0.717) is 18.3 Å². The average molecular weight is 203 g/mol. The Bertz CT molecular complexity index is 458. The molecule has 0 radical (unpaired) electrons. The molecule has 0 saturated heterocycles. The summed E-state index contributed by atoms with van der Waals surface area (Å²) in [5.41, 5.74) is 0.974. The number of aldehydes is 1. The fourth-order valence-electron chi connectivity index (χ4n) is 1.35. The van der Waals surface area contributed by atoms with Crippen LogP contribution in [0, 0.1) is 11.3 Å². The molecular weight excluding hydrogens is 194 g/mol. The SMILES string of the molecule is CCc1cc(C=O)c(C#N)cc1C(=O)O. The van der Waals surface area contributed by atoms with Crippen LogP contribution in [0.1, 0.15) is 38.8 Å². The van der Waals surface area contributed by atoms with Gasteiger partial charge in [-0.2, -0.15) is 5.26 Å². The van der Waals surface area contributed by atoms with Crippen LogP contribution in [0.4, 0.5) is 0 Å². The van der Waals surface area contributed by atoms with Gasteiger partial charge in [-0.05, 0) is 24.1 Å². The van der Waals surface area contributed by atoms with Crippen LogP contribution in [0.3, 0.4) is 0 Å². The summed E-state index contributed by atoms with van der Waals surface area (Å²) in [5.74, 6) is -1.08. The Labute approximate surface area is 86.8 Å². The third kappa shape index (κ3) is 2.02. The van der Waals surface area contributed by atoms with Gasteiger partial charge in [0.05, 0.1) is 17.2 Å². The zero-order valence-electron chi connectivity index (χ0n) is 8.15. The second kappa shape index (κ2) is 4.38. The maximum atomic E-state index is 10.9. The van der Waals surface area contributed by atoms with Gasteiger partial charge < -0.3 is 5.11 Å². The van der Waals surface area contributed by atoms with Gasteiger partial charge in [0.25, 0.3) is 0 Å². The lowest BCUT2D eigenvalue weighted by Gasteiger charge is -2.05. The number of carboxylic acids is 1. The molecule has 0 aliphatic rings. The minimum absolute atomic E-state index is 0.0830. The molecule has 1 aromatic rings. The Morgan fingerprint density at radius 3 is 2.67 bits per heavy atom. The van der Waals surface area contributed by atoms with Gasteiger partial charge in [0, 0.05) is 5.56 Å². The van der Waals surface area contributed by atoms with Crippen molar-refractivity contribution in [2.45, 2.75) is 13.3 Å². The second-order valence-corrected chi connectivity index (χ2v) is 2.98. The highest BCUT2D eigenvalue weighted by Gasteiger charge is 2.13. The Morgan fingerprint density at radius 2 is 2.27 bits per heavy atom. The lowest BCUT2D eigenvalue weighted by molar-refractivity contribution is 0.0695. The molecule has 15 heavy (non-hydrogen) atoms. The third-order valence-electron chi connectivity index (χ3n) is 2.13. The van der Waals surface area contributed by atoms with Gasteiger partial charge in [-0.3, -0.25) is 4.79 Å². The van der Waals surface area contributed by atoms with Crippen molar-refractivity contribution in [1.82, 2.24) is 0 Å². The first-order valence-corrected chi connectivity index (χ1v) is 4.39. The predicted octanol–water partition coefficient (Wildman–Crippen LogP) is 1.63. The molecule has 76 valence electrons. The van der Waals surface area contributed by atoms with Gasteiger partial charge in [0.2, 0.25) is 0 Å². The normalized spacial score (nSPS) is 9.33. The van der Waals surface area contributed by atoms with Gasteiger partial charge in [-0.15, -0.1) is 0 Å². The molecule has 0 heterocycles. The number of aromatic carboxylic acids is 1. The maximum Gasteiger partial charge on any atom is 0.336 e. The van der Waals surface area contributed by atoms with Crippen LogP contribution in [-0.4, -0.2) is 17.4 Å². The number of nitriles is 1. The van der Waals surface area contributed by atoms with Crippen molar-refractivity contribution in [2.75, 3.05) is 0 Å². The molecule has 0 bridgehead atoms. The van der Waals surface area contributed by atoms with Crippen LogP contribution in [0.2, 0.25) is 0 Å². The molecule has 0 atom stereocenters. The molecule has 1 rings (SSSR count). The summed E-state index contributed by atoms with van der Waals surface area (Å²) in [4.78, 5) is 21.5. The van der Waals surface area contributed by atoms with E-state index in [9.17, 15) is 9.59 Å². The topological polar surface area (TPSA) is 78.2 Å². The van der Waals surface area contributed by atoms with E-state index in [1.165, 1.54) is 12.1 Å². The Hall–Kier alpha value is -2.15. The number of hydrogen-bond donors (Lipinski definition) is 1. The van der Waals surface area contributed by atoms with Crippen molar-refractivity contribution in [3.8, 4) is 6.07 Å². The van der Waals surface area contributed by atoms with E-state index >= 15 is 0 Å². The first-order valence-electron chi connectivity index (χ1n) is 4.39. The predicted molar refractivity (Wildman–Crippen MR) is 52.9 cm³/mol. The van der Waals surface area contributed by atoms with Crippen molar-refractivity contribution in [3.05, 3.63) is 34.4 Å². The molecule has 0 fully saturated rings. The summed E-state index contributed by atoms with van der Waals surface area (Å²) in [6, 6.07) is 4.49. The molecule has 0 aliphatic heterocycles. The average Bonchev–Trinajstić information content (AvgIpc) is 2.26. The number of carbonyl (C=O) groups excluding carboxylic acids is 1. The van der Waals surface area contributed by atoms with Crippen molar-refractivity contribution in [1.29, 1.82) is 5.26 Å². The van der Waals surface area contributed by atoms with Crippen LogP contribution in [0.25, 0.3) is 0 Å². The zero-order chi connectivity index (χ0) is 11.4.